The highest BCUT2D eigenvalue weighted by Crippen LogP contribution is 2.23. The summed E-state index contributed by atoms with van der Waals surface area (Å²) >= 11 is 3.39. The fourth-order valence-corrected chi connectivity index (χ4v) is 2.66. The first-order valence-corrected chi connectivity index (χ1v) is 7.97. The first kappa shape index (κ1) is 16.1. The van der Waals surface area contributed by atoms with Crippen LogP contribution in [0, 0.1) is 5.92 Å². The summed E-state index contributed by atoms with van der Waals surface area (Å²) in [7, 11) is 0. The summed E-state index contributed by atoms with van der Waals surface area (Å²) in [6.07, 6.45) is 0.700. The van der Waals surface area contributed by atoms with Gasteiger partial charge in [-0.2, -0.15) is 0 Å². The van der Waals surface area contributed by atoms with E-state index in [9.17, 15) is 4.79 Å². The van der Waals surface area contributed by atoms with E-state index in [0.29, 0.717) is 12.5 Å². The van der Waals surface area contributed by atoms with Crippen LogP contribution in [-0.2, 0) is 4.74 Å². The van der Waals surface area contributed by atoms with Crippen molar-refractivity contribution in [3.63, 3.8) is 0 Å². The Kier molecular flexibility index (Phi) is 5.08. The number of nitrogens with one attached hydrogen (secondary N) is 1. The SMILES string of the molecule is CC(C)(C)OC(=O)NC[C@H]1CCN(c2cccc(Br)n2)C1. The number of pyridine rings is 1. The topological polar surface area (TPSA) is 54.5 Å². The lowest BCUT2D eigenvalue weighted by Gasteiger charge is -2.21. The Morgan fingerprint density at radius 1 is 1.52 bits per heavy atom. The number of aromatic nitrogens is 1. The van der Waals surface area contributed by atoms with Crippen molar-refractivity contribution in [2.24, 2.45) is 5.92 Å². The maximum absolute atomic E-state index is 11.6. The Labute approximate surface area is 134 Å². The van der Waals surface area contributed by atoms with Gasteiger partial charge in [-0.15, -0.1) is 0 Å². The molecular formula is C15H22BrN3O2. The van der Waals surface area contributed by atoms with Crippen molar-refractivity contribution in [1.29, 1.82) is 0 Å². The summed E-state index contributed by atoms with van der Waals surface area (Å²) in [5.74, 6) is 1.41. The number of carbonyl (C=O) groups excluding carboxylic acids is 1. The molecule has 2 heterocycles. The van der Waals surface area contributed by atoms with Crippen LogP contribution in [0.25, 0.3) is 0 Å². The maximum Gasteiger partial charge on any atom is 0.407 e. The summed E-state index contributed by atoms with van der Waals surface area (Å²) in [4.78, 5) is 18.4. The van der Waals surface area contributed by atoms with Gasteiger partial charge in [-0.1, -0.05) is 6.07 Å². The van der Waals surface area contributed by atoms with Gasteiger partial charge in [0.2, 0.25) is 0 Å². The van der Waals surface area contributed by atoms with Crippen LogP contribution in [-0.4, -0.2) is 36.3 Å². The molecule has 1 N–H and O–H groups in total. The summed E-state index contributed by atoms with van der Waals surface area (Å²) in [5.41, 5.74) is -0.452. The largest absolute Gasteiger partial charge is 0.444 e. The van der Waals surface area contributed by atoms with E-state index in [4.69, 9.17) is 4.74 Å². The number of carbonyl (C=O) groups is 1. The molecule has 0 bridgehead atoms. The van der Waals surface area contributed by atoms with Gasteiger partial charge < -0.3 is 15.0 Å². The van der Waals surface area contributed by atoms with Crippen molar-refractivity contribution in [1.82, 2.24) is 10.3 Å². The molecule has 1 aromatic rings. The van der Waals surface area contributed by atoms with Gasteiger partial charge in [-0.3, -0.25) is 0 Å². The fourth-order valence-electron chi connectivity index (χ4n) is 2.32. The third-order valence-corrected chi connectivity index (χ3v) is 3.69. The van der Waals surface area contributed by atoms with Crippen LogP contribution in [0.1, 0.15) is 27.2 Å². The number of rotatable bonds is 3. The quantitative estimate of drug-likeness (QED) is 0.846. The van der Waals surface area contributed by atoms with Gasteiger partial charge in [-0.05, 0) is 61.2 Å². The molecule has 0 aliphatic carbocycles. The number of halogens is 1. The number of hydrogen-bond acceptors (Lipinski definition) is 4. The van der Waals surface area contributed by atoms with Gasteiger partial charge in [0, 0.05) is 19.6 Å². The smallest absolute Gasteiger partial charge is 0.407 e. The van der Waals surface area contributed by atoms with Crippen molar-refractivity contribution >= 4 is 27.8 Å². The molecule has 1 aliphatic rings. The third kappa shape index (κ3) is 5.19. The van der Waals surface area contributed by atoms with Crippen LogP contribution in [0.4, 0.5) is 10.6 Å². The lowest BCUT2D eigenvalue weighted by molar-refractivity contribution is 0.0520. The van der Waals surface area contributed by atoms with Crippen molar-refractivity contribution in [3.05, 3.63) is 22.8 Å². The van der Waals surface area contributed by atoms with Crippen LogP contribution in [0.2, 0.25) is 0 Å². The highest BCUT2D eigenvalue weighted by atomic mass is 79.9. The molecule has 0 unspecified atom stereocenters. The zero-order chi connectivity index (χ0) is 15.5. The standard InChI is InChI=1S/C15H22BrN3O2/c1-15(2,3)21-14(20)17-9-11-7-8-19(10-11)13-6-4-5-12(16)18-13/h4-6,11H,7-10H2,1-3H3,(H,17,20)/t11-/m1/s1. The Balaban J connectivity index is 1.79. The fraction of sp³-hybridized carbons (Fsp3) is 0.600. The van der Waals surface area contributed by atoms with Crippen LogP contribution in [0.15, 0.2) is 22.8 Å². The van der Waals surface area contributed by atoms with Crippen LogP contribution < -0.4 is 10.2 Å². The molecule has 1 saturated heterocycles. The average molecular weight is 356 g/mol. The molecule has 1 aliphatic heterocycles. The molecule has 2 rings (SSSR count). The molecule has 0 radical (unpaired) electrons. The van der Waals surface area contributed by atoms with Gasteiger partial charge in [-0.25, -0.2) is 9.78 Å². The molecule has 1 fully saturated rings. The van der Waals surface area contributed by atoms with Gasteiger partial charge in [0.25, 0.3) is 0 Å². The first-order valence-electron chi connectivity index (χ1n) is 7.18. The molecule has 1 aromatic heterocycles. The molecular weight excluding hydrogens is 334 g/mol. The number of ether oxygens (including phenoxy) is 1. The zero-order valence-corrected chi connectivity index (χ0v) is 14.3. The van der Waals surface area contributed by atoms with E-state index >= 15 is 0 Å². The normalized spacial score (nSPS) is 18.7. The number of amides is 1. The van der Waals surface area contributed by atoms with E-state index in [1.807, 2.05) is 39.0 Å². The molecule has 0 saturated carbocycles. The summed E-state index contributed by atoms with van der Waals surface area (Å²) in [6, 6.07) is 5.91. The average Bonchev–Trinajstić information content (AvgIpc) is 2.83. The highest BCUT2D eigenvalue weighted by molar-refractivity contribution is 9.10. The minimum Gasteiger partial charge on any atom is -0.444 e. The van der Waals surface area contributed by atoms with Crippen molar-refractivity contribution in [2.75, 3.05) is 24.5 Å². The van der Waals surface area contributed by atoms with E-state index in [2.05, 4.69) is 31.1 Å². The second kappa shape index (κ2) is 6.64. The predicted octanol–water partition coefficient (Wildman–Crippen LogP) is 3.20. The van der Waals surface area contributed by atoms with E-state index in [0.717, 1.165) is 29.9 Å². The molecule has 116 valence electrons. The number of nitrogens with zero attached hydrogens (tertiary/aromatic N) is 2. The monoisotopic (exact) mass is 355 g/mol. The van der Waals surface area contributed by atoms with Crippen molar-refractivity contribution in [3.8, 4) is 0 Å². The van der Waals surface area contributed by atoms with E-state index in [1.165, 1.54) is 0 Å². The van der Waals surface area contributed by atoms with Gasteiger partial charge in [0.05, 0.1) is 0 Å². The minimum atomic E-state index is -0.452. The van der Waals surface area contributed by atoms with Crippen LogP contribution in [0.5, 0.6) is 0 Å². The zero-order valence-electron chi connectivity index (χ0n) is 12.7. The summed E-state index contributed by atoms with van der Waals surface area (Å²) in [5, 5.41) is 2.85. The summed E-state index contributed by atoms with van der Waals surface area (Å²) < 4.78 is 6.09. The lowest BCUT2D eigenvalue weighted by Crippen LogP contribution is -2.36. The molecule has 1 amide bonds. The van der Waals surface area contributed by atoms with E-state index < -0.39 is 5.60 Å². The highest BCUT2D eigenvalue weighted by Gasteiger charge is 2.24. The van der Waals surface area contributed by atoms with Crippen LogP contribution in [0.3, 0.4) is 0 Å². The van der Waals surface area contributed by atoms with Gasteiger partial charge in [0.15, 0.2) is 0 Å². The molecule has 0 aromatic carbocycles. The number of anilines is 1. The molecule has 6 heteroatoms. The van der Waals surface area contributed by atoms with Crippen molar-refractivity contribution in [2.45, 2.75) is 32.8 Å². The Hall–Kier alpha value is -1.30. The lowest BCUT2D eigenvalue weighted by atomic mass is 10.1. The second-order valence-electron chi connectivity index (χ2n) is 6.30. The number of alkyl carbamates (subject to hydrolysis) is 1. The van der Waals surface area contributed by atoms with E-state index in [-0.39, 0.29) is 6.09 Å². The third-order valence-electron chi connectivity index (χ3n) is 3.24. The summed E-state index contributed by atoms with van der Waals surface area (Å²) in [6.45, 7) is 8.09. The van der Waals surface area contributed by atoms with Crippen molar-refractivity contribution < 1.29 is 9.53 Å². The maximum atomic E-state index is 11.6. The van der Waals surface area contributed by atoms with Crippen LogP contribution >= 0.6 is 15.9 Å². The second-order valence-corrected chi connectivity index (χ2v) is 7.11. The Morgan fingerprint density at radius 3 is 2.95 bits per heavy atom. The van der Waals surface area contributed by atoms with Gasteiger partial charge >= 0.3 is 6.09 Å². The number of hydrogen-bond donors (Lipinski definition) is 1. The first-order chi connectivity index (χ1) is 9.83. The molecule has 1 atom stereocenters. The molecule has 21 heavy (non-hydrogen) atoms. The molecule has 5 nitrogen and oxygen atoms in total. The Morgan fingerprint density at radius 2 is 2.29 bits per heavy atom. The predicted molar refractivity (Wildman–Crippen MR) is 86.5 cm³/mol. The van der Waals surface area contributed by atoms with Gasteiger partial charge in [0.1, 0.15) is 16.0 Å². The Bertz CT molecular complexity index is 502. The van der Waals surface area contributed by atoms with E-state index in [1.54, 1.807) is 0 Å². The molecule has 0 spiro atoms. The minimum absolute atomic E-state index is 0.346.